The van der Waals surface area contributed by atoms with Crippen LogP contribution in [0.3, 0.4) is 0 Å². The highest BCUT2D eigenvalue weighted by Gasteiger charge is 2.29. The summed E-state index contributed by atoms with van der Waals surface area (Å²) in [7, 11) is 0. The summed E-state index contributed by atoms with van der Waals surface area (Å²) in [6, 6.07) is 18.5. The van der Waals surface area contributed by atoms with E-state index in [1.807, 2.05) is 67.6 Å². The van der Waals surface area contributed by atoms with Crippen molar-refractivity contribution in [3.8, 4) is 0 Å². The van der Waals surface area contributed by atoms with Crippen LogP contribution in [0.5, 0.6) is 0 Å². The smallest absolute Gasteiger partial charge is 0.316 e. The van der Waals surface area contributed by atoms with Crippen LogP contribution >= 0.6 is 11.8 Å². The average molecular weight is 410 g/mol. The summed E-state index contributed by atoms with van der Waals surface area (Å²) in [6.07, 6.45) is 0. The van der Waals surface area contributed by atoms with Gasteiger partial charge in [0, 0.05) is 11.4 Å². The number of carbonyl (C=O) groups is 2. The van der Waals surface area contributed by atoms with Crippen LogP contribution in [-0.4, -0.2) is 29.4 Å². The summed E-state index contributed by atoms with van der Waals surface area (Å²) in [5, 5.41) is 6.67. The Bertz CT molecular complexity index is 927. The molecule has 2 aromatic carbocycles. The van der Waals surface area contributed by atoms with Gasteiger partial charge < -0.3 is 15.4 Å². The highest BCUT2D eigenvalue weighted by Crippen LogP contribution is 2.32. The summed E-state index contributed by atoms with van der Waals surface area (Å²) >= 11 is 1.26. The second-order valence-electron chi connectivity index (χ2n) is 6.32. The van der Waals surface area contributed by atoms with Gasteiger partial charge in [0.1, 0.15) is 6.04 Å². The molecule has 0 aromatic heterocycles. The van der Waals surface area contributed by atoms with Gasteiger partial charge >= 0.3 is 5.97 Å². The quantitative estimate of drug-likeness (QED) is 0.708. The van der Waals surface area contributed by atoms with Crippen molar-refractivity contribution in [2.45, 2.75) is 19.9 Å². The third-order valence-electron chi connectivity index (χ3n) is 4.24. The molecular formula is C22H23N3O3S. The Labute approximate surface area is 174 Å². The lowest BCUT2D eigenvalue weighted by Crippen LogP contribution is -2.32. The van der Waals surface area contributed by atoms with Crippen molar-refractivity contribution < 1.29 is 14.3 Å². The first-order chi connectivity index (χ1) is 14.1. The van der Waals surface area contributed by atoms with Gasteiger partial charge in [0.05, 0.1) is 17.9 Å². The number of carbonyl (C=O) groups excluding carboxylic acids is 2. The third kappa shape index (κ3) is 5.48. The number of hydrogen-bond acceptors (Lipinski definition) is 6. The van der Waals surface area contributed by atoms with Crippen molar-refractivity contribution in [2.24, 2.45) is 4.99 Å². The minimum atomic E-state index is -0.467. The monoisotopic (exact) mass is 409 g/mol. The molecule has 3 rings (SSSR count). The first kappa shape index (κ1) is 20.7. The van der Waals surface area contributed by atoms with Gasteiger partial charge in [-0.3, -0.25) is 9.59 Å². The number of anilines is 1. The standard InChI is InChI=1S/C22H23N3O3S/c1-3-28-18(26)14-29-22-23-15(2)19(20(25-22)16-10-6-4-7-11-16)21(27)24-17-12-8-5-9-13-17/h4-13,20H,3,14H2,1-2H3,(H,23,25)(H,24,27)/t20-/m1/s1. The van der Waals surface area contributed by atoms with Gasteiger partial charge in [0.15, 0.2) is 5.17 Å². The Balaban J connectivity index is 1.85. The van der Waals surface area contributed by atoms with Crippen molar-refractivity contribution in [3.05, 3.63) is 77.5 Å². The Hall–Kier alpha value is -3.06. The second kappa shape index (κ2) is 9.93. The zero-order valence-electron chi connectivity index (χ0n) is 16.3. The lowest BCUT2D eigenvalue weighted by atomic mass is 9.96. The average Bonchev–Trinajstić information content (AvgIpc) is 2.73. The summed E-state index contributed by atoms with van der Waals surface area (Å²) in [4.78, 5) is 29.5. The number of thioether (sulfide) groups is 1. The maximum absolute atomic E-state index is 13.1. The van der Waals surface area contributed by atoms with Crippen molar-refractivity contribution in [1.29, 1.82) is 0 Å². The molecule has 0 bridgehead atoms. The number of amidine groups is 1. The number of rotatable bonds is 6. The van der Waals surface area contributed by atoms with Gasteiger partial charge in [0.25, 0.3) is 5.91 Å². The van der Waals surface area contributed by atoms with Crippen LogP contribution < -0.4 is 10.6 Å². The molecule has 0 unspecified atom stereocenters. The molecular weight excluding hydrogens is 386 g/mol. The van der Waals surface area contributed by atoms with Gasteiger partial charge in [-0.1, -0.05) is 60.3 Å². The van der Waals surface area contributed by atoms with E-state index in [4.69, 9.17) is 9.73 Å². The van der Waals surface area contributed by atoms with E-state index in [2.05, 4.69) is 10.6 Å². The van der Waals surface area contributed by atoms with Gasteiger partial charge in [-0.15, -0.1) is 0 Å². The molecule has 29 heavy (non-hydrogen) atoms. The van der Waals surface area contributed by atoms with E-state index in [0.29, 0.717) is 23.0 Å². The van der Waals surface area contributed by atoms with E-state index in [-0.39, 0.29) is 17.6 Å². The largest absolute Gasteiger partial charge is 0.465 e. The molecule has 2 N–H and O–H groups in total. The first-order valence-electron chi connectivity index (χ1n) is 9.34. The lowest BCUT2D eigenvalue weighted by molar-refractivity contribution is -0.139. The summed E-state index contributed by atoms with van der Waals surface area (Å²) in [5.41, 5.74) is 2.87. The number of nitrogens with one attached hydrogen (secondary N) is 2. The fourth-order valence-corrected chi connectivity index (χ4v) is 3.68. The fraction of sp³-hybridized carbons (Fsp3) is 0.227. The maximum atomic E-state index is 13.1. The second-order valence-corrected chi connectivity index (χ2v) is 7.29. The molecule has 150 valence electrons. The van der Waals surface area contributed by atoms with Crippen molar-refractivity contribution in [2.75, 3.05) is 17.7 Å². The molecule has 0 radical (unpaired) electrons. The Morgan fingerprint density at radius 2 is 1.76 bits per heavy atom. The predicted molar refractivity (Wildman–Crippen MR) is 117 cm³/mol. The van der Waals surface area contributed by atoms with Gasteiger partial charge in [-0.2, -0.15) is 0 Å². The van der Waals surface area contributed by atoms with Crippen LogP contribution in [0.25, 0.3) is 0 Å². The number of benzene rings is 2. The minimum Gasteiger partial charge on any atom is -0.465 e. The molecule has 0 saturated heterocycles. The number of para-hydroxylation sites is 1. The molecule has 0 saturated carbocycles. The van der Waals surface area contributed by atoms with Crippen LogP contribution in [-0.2, 0) is 14.3 Å². The molecule has 2 aromatic rings. The highest BCUT2D eigenvalue weighted by atomic mass is 32.2. The van der Waals surface area contributed by atoms with Crippen LogP contribution in [0, 0.1) is 0 Å². The number of nitrogens with zero attached hydrogens (tertiary/aromatic N) is 1. The van der Waals surface area contributed by atoms with E-state index in [1.54, 1.807) is 6.92 Å². The van der Waals surface area contributed by atoms with E-state index in [0.717, 1.165) is 11.3 Å². The summed E-state index contributed by atoms with van der Waals surface area (Å²) < 4.78 is 4.98. The normalized spacial score (nSPS) is 15.9. The number of amides is 1. The van der Waals surface area contributed by atoms with Crippen molar-refractivity contribution in [1.82, 2.24) is 5.32 Å². The van der Waals surface area contributed by atoms with Crippen LogP contribution in [0.2, 0.25) is 0 Å². The molecule has 0 spiro atoms. The summed E-state index contributed by atoms with van der Waals surface area (Å²) in [6.45, 7) is 3.96. The van der Waals surface area contributed by atoms with E-state index in [1.165, 1.54) is 11.8 Å². The molecule has 7 heteroatoms. The van der Waals surface area contributed by atoms with Gasteiger partial charge in [-0.25, -0.2) is 4.99 Å². The number of ether oxygens (including phenoxy) is 1. The number of aliphatic imine (C=N–C) groups is 1. The van der Waals surface area contributed by atoms with Gasteiger partial charge in [0.2, 0.25) is 0 Å². The zero-order chi connectivity index (χ0) is 20.6. The SMILES string of the molecule is CCOC(=O)CSC1=N[C@H](c2ccccc2)C(C(=O)Nc2ccccc2)=C(C)N1. The van der Waals surface area contributed by atoms with E-state index >= 15 is 0 Å². The lowest BCUT2D eigenvalue weighted by Gasteiger charge is -2.26. The van der Waals surface area contributed by atoms with Crippen molar-refractivity contribution in [3.63, 3.8) is 0 Å². The topological polar surface area (TPSA) is 79.8 Å². The van der Waals surface area contributed by atoms with Crippen LogP contribution in [0.15, 0.2) is 76.9 Å². The number of allylic oxidation sites excluding steroid dienone is 1. The minimum absolute atomic E-state index is 0.153. The Kier molecular flexibility index (Phi) is 7.08. The molecule has 6 nitrogen and oxygen atoms in total. The molecule has 0 aliphatic carbocycles. The molecule has 1 aliphatic rings. The zero-order valence-corrected chi connectivity index (χ0v) is 17.2. The summed E-state index contributed by atoms with van der Waals surface area (Å²) in [5.74, 6) is -0.360. The van der Waals surface area contributed by atoms with E-state index in [9.17, 15) is 9.59 Å². The highest BCUT2D eigenvalue weighted by molar-refractivity contribution is 8.14. The molecule has 0 fully saturated rings. The maximum Gasteiger partial charge on any atom is 0.316 e. The van der Waals surface area contributed by atoms with E-state index < -0.39 is 6.04 Å². The molecule has 1 atom stereocenters. The fourth-order valence-electron chi connectivity index (χ4n) is 2.94. The third-order valence-corrected chi connectivity index (χ3v) is 5.10. The number of esters is 1. The van der Waals surface area contributed by atoms with Crippen LogP contribution in [0.1, 0.15) is 25.5 Å². The predicted octanol–water partition coefficient (Wildman–Crippen LogP) is 3.90. The van der Waals surface area contributed by atoms with Gasteiger partial charge in [-0.05, 0) is 31.5 Å². The Morgan fingerprint density at radius 3 is 2.41 bits per heavy atom. The Morgan fingerprint density at radius 1 is 1.10 bits per heavy atom. The molecule has 1 amide bonds. The van der Waals surface area contributed by atoms with Crippen LogP contribution in [0.4, 0.5) is 5.69 Å². The van der Waals surface area contributed by atoms with Crippen molar-refractivity contribution >= 4 is 34.5 Å². The molecule has 1 aliphatic heterocycles. The number of hydrogen-bond donors (Lipinski definition) is 2. The first-order valence-corrected chi connectivity index (χ1v) is 10.3. The molecule has 1 heterocycles.